The zero-order valence-corrected chi connectivity index (χ0v) is 12.0. The third-order valence-corrected chi connectivity index (χ3v) is 3.74. The molecule has 1 saturated carbocycles. The zero-order chi connectivity index (χ0) is 14.4. The molecular weight excluding hydrogens is 272 g/mol. The van der Waals surface area contributed by atoms with E-state index in [0.717, 1.165) is 31.2 Å². The average Bonchev–Trinajstić information content (AvgIpc) is 2.47. The van der Waals surface area contributed by atoms with Gasteiger partial charge in [0.1, 0.15) is 11.6 Å². The van der Waals surface area contributed by atoms with Crippen LogP contribution in [0.4, 0.5) is 0 Å². The lowest BCUT2D eigenvalue weighted by Crippen LogP contribution is -2.36. The van der Waals surface area contributed by atoms with Gasteiger partial charge in [0.15, 0.2) is 0 Å². The van der Waals surface area contributed by atoms with Gasteiger partial charge in [0.05, 0.1) is 0 Å². The van der Waals surface area contributed by atoms with Crippen LogP contribution in [-0.4, -0.2) is 11.9 Å². The highest BCUT2D eigenvalue weighted by Crippen LogP contribution is 2.18. The molecule has 1 aromatic rings. The Morgan fingerprint density at radius 3 is 2.50 bits per heavy atom. The zero-order valence-electron chi connectivity index (χ0n) is 11.2. The molecular formula is C16H17ClN2O. The number of hydrogen-bond acceptors (Lipinski definition) is 2. The quantitative estimate of drug-likeness (QED) is 0.681. The minimum absolute atomic E-state index is 0.137. The van der Waals surface area contributed by atoms with Gasteiger partial charge in [0.2, 0.25) is 0 Å². The molecule has 1 aromatic carbocycles. The van der Waals surface area contributed by atoms with E-state index in [0.29, 0.717) is 5.02 Å². The van der Waals surface area contributed by atoms with E-state index in [1.54, 1.807) is 30.3 Å². The van der Waals surface area contributed by atoms with Crippen molar-refractivity contribution >= 4 is 23.6 Å². The van der Waals surface area contributed by atoms with Crippen molar-refractivity contribution in [2.24, 2.45) is 0 Å². The van der Waals surface area contributed by atoms with Crippen molar-refractivity contribution in [1.29, 1.82) is 5.26 Å². The SMILES string of the molecule is N#CC(=Cc1ccc(Cl)cc1)C(=O)NC1CCCCC1. The Labute approximate surface area is 124 Å². The maximum Gasteiger partial charge on any atom is 0.262 e. The fourth-order valence-corrected chi connectivity index (χ4v) is 2.51. The molecule has 0 atom stereocenters. The van der Waals surface area contributed by atoms with Crippen LogP contribution in [0, 0.1) is 11.3 Å². The smallest absolute Gasteiger partial charge is 0.262 e. The van der Waals surface area contributed by atoms with Gasteiger partial charge in [-0.15, -0.1) is 0 Å². The lowest BCUT2D eigenvalue weighted by Gasteiger charge is -2.22. The summed E-state index contributed by atoms with van der Waals surface area (Å²) in [7, 11) is 0. The highest BCUT2D eigenvalue weighted by molar-refractivity contribution is 6.30. The van der Waals surface area contributed by atoms with E-state index in [1.165, 1.54) is 6.42 Å². The number of halogens is 1. The summed E-state index contributed by atoms with van der Waals surface area (Å²) < 4.78 is 0. The second-order valence-electron chi connectivity index (χ2n) is 5.03. The number of carbonyl (C=O) groups is 1. The van der Waals surface area contributed by atoms with Crippen molar-refractivity contribution in [1.82, 2.24) is 5.32 Å². The summed E-state index contributed by atoms with van der Waals surface area (Å²) in [6.07, 6.45) is 7.13. The van der Waals surface area contributed by atoms with Crippen LogP contribution in [0.25, 0.3) is 6.08 Å². The Bertz CT molecular complexity index is 537. The normalized spacial score (nSPS) is 16.5. The first-order chi connectivity index (χ1) is 9.69. The summed E-state index contributed by atoms with van der Waals surface area (Å²) in [5, 5.41) is 12.7. The Hall–Kier alpha value is -1.79. The third-order valence-electron chi connectivity index (χ3n) is 3.49. The Morgan fingerprint density at radius 2 is 1.90 bits per heavy atom. The van der Waals surface area contributed by atoms with E-state index in [4.69, 9.17) is 16.9 Å². The van der Waals surface area contributed by atoms with Crippen LogP contribution in [0.1, 0.15) is 37.7 Å². The summed E-state index contributed by atoms with van der Waals surface area (Å²) in [6, 6.07) is 9.22. The molecule has 2 rings (SSSR count). The predicted octanol–water partition coefficient (Wildman–Crippen LogP) is 3.70. The molecule has 0 aromatic heterocycles. The van der Waals surface area contributed by atoms with Gasteiger partial charge in [0.25, 0.3) is 5.91 Å². The van der Waals surface area contributed by atoms with Gasteiger partial charge in [-0.25, -0.2) is 0 Å². The molecule has 3 nitrogen and oxygen atoms in total. The average molecular weight is 289 g/mol. The molecule has 0 bridgehead atoms. The molecule has 0 unspecified atom stereocenters. The Kier molecular flexibility index (Phi) is 5.20. The minimum atomic E-state index is -0.283. The topological polar surface area (TPSA) is 52.9 Å². The largest absolute Gasteiger partial charge is 0.349 e. The van der Waals surface area contributed by atoms with Gasteiger partial charge in [-0.05, 0) is 36.6 Å². The number of hydrogen-bond donors (Lipinski definition) is 1. The molecule has 0 aliphatic heterocycles. The van der Waals surface area contributed by atoms with Crippen LogP contribution in [-0.2, 0) is 4.79 Å². The van der Waals surface area contributed by atoms with Crippen LogP contribution in [0.5, 0.6) is 0 Å². The van der Waals surface area contributed by atoms with Crippen LogP contribution in [0.3, 0.4) is 0 Å². The first kappa shape index (κ1) is 14.6. The minimum Gasteiger partial charge on any atom is -0.349 e. The molecule has 0 saturated heterocycles. The second-order valence-corrected chi connectivity index (χ2v) is 5.47. The highest BCUT2D eigenvalue weighted by Gasteiger charge is 2.17. The van der Waals surface area contributed by atoms with Crippen molar-refractivity contribution in [3.05, 3.63) is 40.4 Å². The van der Waals surface area contributed by atoms with Crippen molar-refractivity contribution < 1.29 is 4.79 Å². The second kappa shape index (κ2) is 7.12. The molecule has 0 spiro atoms. The molecule has 104 valence electrons. The monoisotopic (exact) mass is 288 g/mol. The van der Waals surface area contributed by atoms with Crippen LogP contribution >= 0.6 is 11.6 Å². The number of nitrogens with one attached hydrogen (secondary N) is 1. The molecule has 4 heteroatoms. The lowest BCUT2D eigenvalue weighted by molar-refractivity contribution is -0.117. The summed E-state index contributed by atoms with van der Waals surface area (Å²) in [4.78, 5) is 12.1. The number of benzene rings is 1. The fraction of sp³-hybridized carbons (Fsp3) is 0.375. The summed E-state index contributed by atoms with van der Waals surface area (Å²) in [5.41, 5.74) is 0.933. The van der Waals surface area contributed by atoms with E-state index in [-0.39, 0.29) is 17.5 Å². The maximum atomic E-state index is 12.1. The molecule has 0 heterocycles. The van der Waals surface area contributed by atoms with Crippen molar-refractivity contribution in [2.45, 2.75) is 38.1 Å². The van der Waals surface area contributed by atoms with E-state index >= 15 is 0 Å². The molecule has 1 aliphatic carbocycles. The molecule has 1 fully saturated rings. The first-order valence-electron chi connectivity index (χ1n) is 6.87. The summed E-state index contributed by atoms with van der Waals surface area (Å²) in [6.45, 7) is 0. The van der Waals surface area contributed by atoms with Gasteiger partial charge in [0, 0.05) is 11.1 Å². The van der Waals surface area contributed by atoms with Gasteiger partial charge in [-0.3, -0.25) is 4.79 Å². The number of nitriles is 1. The van der Waals surface area contributed by atoms with Gasteiger partial charge in [-0.1, -0.05) is 43.0 Å². The molecule has 1 N–H and O–H groups in total. The van der Waals surface area contributed by atoms with Gasteiger partial charge < -0.3 is 5.32 Å². The number of nitrogens with zero attached hydrogens (tertiary/aromatic N) is 1. The van der Waals surface area contributed by atoms with Crippen molar-refractivity contribution in [3.63, 3.8) is 0 Å². The van der Waals surface area contributed by atoms with E-state index in [9.17, 15) is 4.79 Å². The standard InChI is InChI=1S/C16H17ClN2O/c17-14-8-6-12(7-9-14)10-13(11-18)16(20)19-15-4-2-1-3-5-15/h6-10,15H,1-5H2,(H,19,20). The molecule has 20 heavy (non-hydrogen) atoms. The maximum absolute atomic E-state index is 12.1. The van der Waals surface area contributed by atoms with Gasteiger partial charge in [-0.2, -0.15) is 5.26 Å². The molecule has 1 aliphatic rings. The third kappa shape index (κ3) is 4.11. The van der Waals surface area contributed by atoms with Crippen molar-refractivity contribution in [3.8, 4) is 6.07 Å². The summed E-state index contributed by atoms with van der Waals surface area (Å²) >= 11 is 5.81. The Morgan fingerprint density at radius 1 is 1.25 bits per heavy atom. The van der Waals surface area contributed by atoms with Crippen LogP contribution in [0.15, 0.2) is 29.8 Å². The van der Waals surface area contributed by atoms with E-state index in [1.807, 2.05) is 6.07 Å². The first-order valence-corrected chi connectivity index (χ1v) is 7.25. The summed E-state index contributed by atoms with van der Waals surface area (Å²) in [5.74, 6) is -0.283. The van der Waals surface area contributed by atoms with Gasteiger partial charge >= 0.3 is 0 Å². The van der Waals surface area contributed by atoms with E-state index in [2.05, 4.69) is 5.32 Å². The lowest BCUT2D eigenvalue weighted by atomic mass is 9.95. The number of carbonyl (C=O) groups excluding carboxylic acids is 1. The molecule has 1 amide bonds. The van der Waals surface area contributed by atoms with Crippen LogP contribution < -0.4 is 5.32 Å². The number of amides is 1. The van der Waals surface area contributed by atoms with Crippen LogP contribution in [0.2, 0.25) is 5.02 Å². The highest BCUT2D eigenvalue weighted by atomic mass is 35.5. The van der Waals surface area contributed by atoms with E-state index < -0.39 is 0 Å². The van der Waals surface area contributed by atoms with Crippen molar-refractivity contribution in [2.75, 3.05) is 0 Å². The number of rotatable bonds is 3. The molecule has 0 radical (unpaired) electrons. The predicted molar refractivity (Wildman–Crippen MR) is 80.1 cm³/mol. The fourth-order valence-electron chi connectivity index (χ4n) is 2.38. The Balaban J connectivity index is 2.05.